The summed E-state index contributed by atoms with van der Waals surface area (Å²) in [6, 6.07) is 0.136. The molecular weight excluding hydrogens is 626 g/mol. The molecule has 0 radical (unpaired) electrons. The van der Waals surface area contributed by atoms with Gasteiger partial charge in [0.2, 0.25) is 0 Å². The molecule has 7 heteroatoms. The van der Waals surface area contributed by atoms with Gasteiger partial charge >= 0.3 is 0 Å². The van der Waals surface area contributed by atoms with Crippen LogP contribution in [0.15, 0.2) is 0 Å². The number of halogens is 2. The third kappa shape index (κ3) is 33.3. The van der Waals surface area contributed by atoms with Gasteiger partial charge in [-0.3, -0.25) is 0 Å². The van der Waals surface area contributed by atoms with Gasteiger partial charge in [-0.2, -0.15) is 0 Å². The fraction of sp³-hybridized carbons (Fsp3) is 1.00. The van der Waals surface area contributed by atoms with Gasteiger partial charge in [-0.15, -0.1) is 24.8 Å². The van der Waals surface area contributed by atoms with Crippen LogP contribution in [-0.2, 0) is 30.5 Å². The molecule has 0 fully saturated rings. The molecular formula is C25H57Cl2N2O2Pt-. The molecule has 0 bridgehead atoms. The van der Waals surface area contributed by atoms with Crippen molar-refractivity contribution in [1.29, 1.82) is 0 Å². The second kappa shape index (κ2) is 36.7. The van der Waals surface area contributed by atoms with Crippen LogP contribution in [0.1, 0.15) is 124 Å². The number of hydrogen-bond donors (Lipinski definition) is 1. The van der Waals surface area contributed by atoms with Crippen LogP contribution in [0.2, 0.25) is 0 Å². The van der Waals surface area contributed by atoms with Gasteiger partial charge in [0.15, 0.2) is 0 Å². The fourth-order valence-corrected chi connectivity index (χ4v) is 3.50. The van der Waals surface area contributed by atoms with Crippen molar-refractivity contribution in [1.82, 2.24) is 0 Å². The minimum atomic E-state index is 0. The summed E-state index contributed by atoms with van der Waals surface area (Å²) >= 11 is 0. The molecule has 0 aliphatic carbocycles. The third-order valence-electron chi connectivity index (χ3n) is 5.69. The SMILES string of the molecule is CCCCCCCCCCOCC(COCCCCCCCCCC)C(C)N.Cl.Cl.[NH2-].[Pt]. The maximum absolute atomic E-state index is 6.12. The maximum atomic E-state index is 6.12. The molecule has 0 spiro atoms. The molecule has 32 heavy (non-hydrogen) atoms. The normalized spacial score (nSPS) is 11.2. The van der Waals surface area contributed by atoms with Gasteiger partial charge in [-0.05, 0) is 19.8 Å². The van der Waals surface area contributed by atoms with Crippen molar-refractivity contribution in [2.45, 2.75) is 130 Å². The molecule has 1 unspecified atom stereocenters. The standard InChI is InChI=1S/C25H53NO2.2ClH.H2N.Pt/c1-4-6-8-10-12-14-16-18-20-27-22-25(24(3)26)23-28-21-19-17-15-13-11-9-7-5-2;;;;/h24-25H,4-23,26H2,1-3H3;2*1H;1H2;/q;;;-1;. The Kier molecular flexibility index (Phi) is 49.5. The summed E-state index contributed by atoms with van der Waals surface area (Å²) in [6.07, 6.45) is 21.5. The smallest absolute Gasteiger partial charge is 0.0531 e. The molecule has 0 rings (SSSR count). The molecule has 0 aliphatic rings. The molecule has 1 atom stereocenters. The predicted molar refractivity (Wildman–Crippen MR) is 144 cm³/mol. The molecule has 4 N–H and O–H groups in total. The number of unbranched alkanes of at least 4 members (excludes halogenated alkanes) is 14. The van der Waals surface area contributed by atoms with Crippen molar-refractivity contribution >= 4 is 24.8 Å². The Morgan fingerprint density at radius 2 is 0.844 bits per heavy atom. The largest absolute Gasteiger partial charge is 0.693 e. The molecule has 0 aromatic carbocycles. The van der Waals surface area contributed by atoms with Crippen LogP contribution in [0.4, 0.5) is 0 Å². The number of ether oxygens (including phenoxy) is 2. The fourth-order valence-electron chi connectivity index (χ4n) is 3.50. The first kappa shape index (κ1) is 43.2. The Bertz CT molecular complexity index is 281. The first-order valence-corrected chi connectivity index (χ1v) is 12.6. The van der Waals surface area contributed by atoms with Crippen molar-refractivity contribution in [3.63, 3.8) is 0 Å². The molecule has 4 nitrogen and oxygen atoms in total. The van der Waals surface area contributed by atoms with E-state index < -0.39 is 0 Å². The molecule has 0 aromatic rings. The summed E-state index contributed by atoms with van der Waals surface area (Å²) in [5.41, 5.74) is 6.12. The molecule has 204 valence electrons. The van der Waals surface area contributed by atoms with E-state index in [1.54, 1.807) is 0 Å². The average Bonchev–Trinajstić information content (AvgIpc) is 2.68. The summed E-state index contributed by atoms with van der Waals surface area (Å²) in [6.45, 7) is 9.84. The van der Waals surface area contributed by atoms with Crippen LogP contribution >= 0.6 is 24.8 Å². The van der Waals surface area contributed by atoms with Gasteiger partial charge in [0.05, 0.1) is 13.2 Å². The minimum Gasteiger partial charge on any atom is -0.693 e. The molecule has 0 aromatic heterocycles. The summed E-state index contributed by atoms with van der Waals surface area (Å²) < 4.78 is 11.8. The van der Waals surface area contributed by atoms with E-state index in [1.807, 2.05) is 0 Å². The Balaban J connectivity index is -0.000000607. The van der Waals surface area contributed by atoms with E-state index in [0.717, 1.165) is 26.4 Å². The zero-order valence-corrected chi connectivity index (χ0v) is 25.3. The van der Waals surface area contributed by atoms with E-state index in [0.29, 0.717) is 5.92 Å². The van der Waals surface area contributed by atoms with Gasteiger partial charge in [0.25, 0.3) is 0 Å². The summed E-state index contributed by atoms with van der Waals surface area (Å²) in [5, 5.41) is 0. The number of nitrogens with two attached hydrogens (primary N) is 2. The summed E-state index contributed by atoms with van der Waals surface area (Å²) in [5.74, 6) is 0.322. The third-order valence-corrected chi connectivity index (χ3v) is 5.69. The molecule has 0 aliphatic heterocycles. The Labute approximate surface area is 228 Å². The quantitative estimate of drug-likeness (QED) is 0.109. The van der Waals surface area contributed by atoms with Gasteiger partial charge < -0.3 is 21.4 Å². The van der Waals surface area contributed by atoms with E-state index in [9.17, 15) is 0 Å². The zero-order valence-electron chi connectivity index (χ0n) is 21.4. The minimum absolute atomic E-state index is 0. The first-order valence-electron chi connectivity index (χ1n) is 12.6. The predicted octanol–water partition coefficient (Wildman–Crippen LogP) is 8.82. The van der Waals surface area contributed by atoms with E-state index in [-0.39, 0.29) is 58.1 Å². The van der Waals surface area contributed by atoms with Crippen LogP contribution < -0.4 is 5.73 Å². The topological polar surface area (TPSA) is 78.0 Å². The van der Waals surface area contributed by atoms with Crippen LogP contribution in [0, 0.1) is 5.92 Å². The van der Waals surface area contributed by atoms with Gasteiger partial charge in [0.1, 0.15) is 0 Å². The summed E-state index contributed by atoms with van der Waals surface area (Å²) in [4.78, 5) is 0. The number of rotatable bonds is 23. The second-order valence-electron chi connectivity index (χ2n) is 8.72. The Morgan fingerprint density at radius 1 is 0.562 bits per heavy atom. The Morgan fingerprint density at radius 3 is 1.12 bits per heavy atom. The van der Waals surface area contributed by atoms with Crippen LogP contribution in [-0.4, -0.2) is 32.5 Å². The second-order valence-corrected chi connectivity index (χ2v) is 8.72. The van der Waals surface area contributed by atoms with Gasteiger partial charge in [0, 0.05) is 46.2 Å². The molecule has 0 saturated carbocycles. The maximum Gasteiger partial charge on any atom is 0.0531 e. The van der Waals surface area contributed by atoms with E-state index in [2.05, 4.69) is 20.8 Å². The number of hydrogen-bond acceptors (Lipinski definition) is 3. The van der Waals surface area contributed by atoms with Crippen LogP contribution in [0.3, 0.4) is 0 Å². The van der Waals surface area contributed by atoms with Crippen LogP contribution in [0.5, 0.6) is 0 Å². The van der Waals surface area contributed by atoms with E-state index in [1.165, 1.54) is 103 Å². The van der Waals surface area contributed by atoms with E-state index in [4.69, 9.17) is 15.2 Å². The van der Waals surface area contributed by atoms with Crippen molar-refractivity contribution in [3.8, 4) is 0 Å². The first-order chi connectivity index (χ1) is 13.7. The van der Waals surface area contributed by atoms with Crippen molar-refractivity contribution in [2.75, 3.05) is 26.4 Å². The average molecular weight is 684 g/mol. The Hall–Kier alpha value is 1.11. The van der Waals surface area contributed by atoms with Crippen LogP contribution in [0.25, 0.3) is 6.15 Å². The van der Waals surface area contributed by atoms with Gasteiger partial charge in [-0.1, -0.05) is 104 Å². The molecule has 0 heterocycles. The van der Waals surface area contributed by atoms with Crippen molar-refractivity contribution in [3.05, 3.63) is 6.15 Å². The van der Waals surface area contributed by atoms with Crippen molar-refractivity contribution < 1.29 is 30.5 Å². The zero-order chi connectivity index (χ0) is 20.7. The monoisotopic (exact) mass is 682 g/mol. The molecule has 0 amide bonds. The van der Waals surface area contributed by atoms with Crippen molar-refractivity contribution in [2.24, 2.45) is 11.7 Å². The summed E-state index contributed by atoms with van der Waals surface area (Å²) in [7, 11) is 0. The molecule has 0 saturated heterocycles. The van der Waals surface area contributed by atoms with Gasteiger partial charge in [-0.25, -0.2) is 0 Å². The van der Waals surface area contributed by atoms with E-state index >= 15 is 0 Å².